The Balaban J connectivity index is 1.29. The number of carbonyl (C=O) groups is 2. The number of carboxylic acid groups (broad SMARTS) is 1. The highest BCUT2D eigenvalue weighted by Gasteiger charge is 2.27. The third kappa shape index (κ3) is 6.20. The van der Waals surface area contributed by atoms with E-state index >= 15 is 0 Å². The molecule has 2 amide bonds. The number of nitrogens with one attached hydrogen (secondary N) is 2. The van der Waals surface area contributed by atoms with E-state index in [9.17, 15) is 19.1 Å². The molecule has 0 radical (unpaired) electrons. The van der Waals surface area contributed by atoms with Crippen molar-refractivity contribution in [3.8, 4) is 11.5 Å². The van der Waals surface area contributed by atoms with Gasteiger partial charge in [-0.2, -0.15) is 0 Å². The number of carbonyl (C=O) groups excluding carboxylic acids is 1. The highest BCUT2D eigenvalue weighted by atomic mass is 32.2. The van der Waals surface area contributed by atoms with E-state index in [2.05, 4.69) is 15.6 Å². The first-order chi connectivity index (χ1) is 19.3. The van der Waals surface area contributed by atoms with E-state index in [0.29, 0.717) is 47.6 Å². The number of fused-ring (bicyclic) bond motifs is 1. The Bertz CT molecular complexity index is 1480. The van der Waals surface area contributed by atoms with Crippen molar-refractivity contribution in [1.82, 2.24) is 19.4 Å². The predicted molar refractivity (Wildman–Crippen MR) is 153 cm³/mol. The van der Waals surface area contributed by atoms with Gasteiger partial charge in [-0.25, -0.2) is 19.2 Å². The number of anilines is 2. The summed E-state index contributed by atoms with van der Waals surface area (Å²) in [5.74, 6) is 0.796. The van der Waals surface area contributed by atoms with Crippen molar-refractivity contribution in [3.63, 3.8) is 0 Å². The standard InChI is InChI=1S/C29H31FN6O3S/c1-3-25(27(37)32-24-15-21(11-6-18(24)2)31-22-12-14-35(16-22)29(38)39)36-13-4-5-23-26(36)34-28(33-23)40-17-19-7-9-20(30)10-8-19/h4-11,13,15,22,25,31H,3,12,14,16-17H2,1-2H3,(H,32,37)(H,38,39). The molecule has 5 rings (SSSR count). The van der Waals surface area contributed by atoms with Gasteiger partial charge in [0.2, 0.25) is 5.91 Å². The van der Waals surface area contributed by atoms with Crippen LogP contribution in [0.2, 0.25) is 0 Å². The lowest BCUT2D eigenvalue weighted by atomic mass is 10.1. The van der Waals surface area contributed by atoms with Gasteiger partial charge in [-0.15, -0.1) is 0 Å². The van der Waals surface area contributed by atoms with Crippen LogP contribution in [0, 0.1) is 12.7 Å². The van der Waals surface area contributed by atoms with Crippen molar-refractivity contribution in [3.05, 3.63) is 77.7 Å². The first kappa shape index (κ1) is 27.4. The summed E-state index contributed by atoms with van der Waals surface area (Å²) in [5.41, 5.74) is 4.11. The molecule has 0 bridgehead atoms. The minimum absolute atomic E-state index is 0.0185. The number of nitrogens with zero attached hydrogens (tertiary/aromatic N) is 4. The van der Waals surface area contributed by atoms with E-state index in [1.165, 1.54) is 28.8 Å². The van der Waals surface area contributed by atoms with E-state index < -0.39 is 12.1 Å². The Labute approximate surface area is 236 Å². The first-order valence-electron chi connectivity index (χ1n) is 13.2. The van der Waals surface area contributed by atoms with Crippen LogP contribution in [-0.2, 0) is 10.5 Å². The summed E-state index contributed by atoms with van der Waals surface area (Å²) >= 11 is 1.46. The maximum absolute atomic E-state index is 13.6. The van der Waals surface area contributed by atoms with Crippen LogP contribution >= 0.6 is 11.8 Å². The van der Waals surface area contributed by atoms with Gasteiger partial charge in [0.1, 0.15) is 17.6 Å². The molecule has 1 saturated heterocycles. The number of pyridine rings is 1. The number of hydrogen-bond donors (Lipinski definition) is 3. The van der Waals surface area contributed by atoms with E-state index in [4.69, 9.17) is 4.98 Å². The number of imidazole rings is 1. The summed E-state index contributed by atoms with van der Waals surface area (Å²) in [6.07, 6.45) is 2.21. The average Bonchev–Trinajstić information content (AvgIpc) is 3.58. The number of thioether (sulfide) groups is 1. The number of halogens is 1. The van der Waals surface area contributed by atoms with Crippen molar-refractivity contribution < 1.29 is 19.1 Å². The summed E-state index contributed by atoms with van der Waals surface area (Å²) in [5, 5.41) is 16.3. The van der Waals surface area contributed by atoms with Crippen LogP contribution in [0.1, 0.15) is 36.9 Å². The Hall–Kier alpha value is -4.12. The fourth-order valence-electron chi connectivity index (χ4n) is 4.83. The second-order valence-corrected chi connectivity index (χ2v) is 10.8. The van der Waals surface area contributed by atoms with Gasteiger partial charge < -0.3 is 25.2 Å². The van der Waals surface area contributed by atoms with Gasteiger partial charge in [0.25, 0.3) is 0 Å². The minimum Gasteiger partial charge on any atom is -0.465 e. The van der Waals surface area contributed by atoms with Gasteiger partial charge in [0.15, 0.2) is 11.0 Å². The average molecular weight is 563 g/mol. The Morgan fingerprint density at radius 2 is 1.98 bits per heavy atom. The van der Waals surface area contributed by atoms with Crippen molar-refractivity contribution in [2.24, 2.45) is 0 Å². The molecule has 9 nitrogen and oxygen atoms in total. The molecule has 3 aliphatic heterocycles. The van der Waals surface area contributed by atoms with Crippen LogP contribution in [0.3, 0.4) is 0 Å². The molecule has 2 aromatic rings. The van der Waals surface area contributed by atoms with Crippen LogP contribution in [0.25, 0.3) is 11.5 Å². The smallest absolute Gasteiger partial charge is 0.407 e. The molecule has 3 N–H and O–H groups in total. The van der Waals surface area contributed by atoms with Crippen LogP contribution < -0.4 is 10.6 Å². The molecular weight excluding hydrogens is 531 g/mol. The summed E-state index contributed by atoms with van der Waals surface area (Å²) in [6.45, 7) is 4.81. The molecule has 3 aliphatic rings. The summed E-state index contributed by atoms with van der Waals surface area (Å²) < 4.78 is 15.1. The number of aryl methyl sites for hydroxylation is 1. The number of rotatable bonds is 9. The SMILES string of the molecule is CCC(C(=O)Nc1cc(NC2CCN(C(=O)O)C2)ccc1C)n1cccc2nc(SCc3ccc(F)cc3)nc1-2. The third-order valence-electron chi connectivity index (χ3n) is 7.02. The lowest BCUT2D eigenvalue weighted by molar-refractivity contribution is -0.119. The van der Waals surface area contributed by atoms with Gasteiger partial charge in [-0.05, 0) is 67.3 Å². The molecule has 11 heteroatoms. The molecule has 0 spiro atoms. The normalized spacial score (nSPS) is 15.8. The molecule has 0 saturated carbocycles. The lowest BCUT2D eigenvalue weighted by Crippen LogP contribution is -2.30. The second-order valence-electron chi connectivity index (χ2n) is 9.85. The molecule has 2 unspecified atom stereocenters. The molecule has 1 fully saturated rings. The zero-order chi connectivity index (χ0) is 28.2. The molecule has 2 atom stereocenters. The van der Waals surface area contributed by atoms with Gasteiger partial charge in [-0.1, -0.05) is 36.9 Å². The fourth-order valence-corrected chi connectivity index (χ4v) is 5.63. The number of aromatic nitrogens is 3. The summed E-state index contributed by atoms with van der Waals surface area (Å²) in [7, 11) is 0. The largest absolute Gasteiger partial charge is 0.465 e. The number of likely N-dealkylation sites (tertiary alicyclic amines) is 1. The Morgan fingerprint density at radius 3 is 2.70 bits per heavy atom. The maximum Gasteiger partial charge on any atom is 0.407 e. The highest BCUT2D eigenvalue weighted by Crippen LogP contribution is 2.30. The van der Waals surface area contributed by atoms with E-state index in [1.807, 2.05) is 54.9 Å². The highest BCUT2D eigenvalue weighted by molar-refractivity contribution is 7.98. The third-order valence-corrected chi connectivity index (χ3v) is 7.94. The van der Waals surface area contributed by atoms with Crippen molar-refractivity contribution >= 4 is 35.1 Å². The molecule has 0 aromatic heterocycles. The van der Waals surface area contributed by atoms with Gasteiger partial charge in [0.05, 0.1) is 0 Å². The Morgan fingerprint density at radius 1 is 1.18 bits per heavy atom. The zero-order valence-electron chi connectivity index (χ0n) is 22.3. The van der Waals surface area contributed by atoms with Crippen molar-refractivity contribution in [1.29, 1.82) is 0 Å². The number of hydrogen-bond acceptors (Lipinski definition) is 6. The van der Waals surface area contributed by atoms with E-state index in [1.54, 1.807) is 12.1 Å². The first-order valence-corrected chi connectivity index (χ1v) is 14.2. The lowest BCUT2D eigenvalue weighted by Gasteiger charge is -2.22. The number of amides is 2. The summed E-state index contributed by atoms with van der Waals surface area (Å²) in [6, 6.07) is 15.4. The number of benzene rings is 2. The molecule has 40 heavy (non-hydrogen) atoms. The van der Waals surface area contributed by atoms with Gasteiger partial charge >= 0.3 is 6.09 Å². The van der Waals surface area contributed by atoms with Crippen molar-refractivity contribution in [2.75, 3.05) is 23.7 Å². The maximum atomic E-state index is 13.6. The molecule has 3 heterocycles. The van der Waals surface area contributed by atoms with Crippen LogP contribution in [-0.4, -0.2) is 55.7 Å². The zero-order valence-corrected chi connectivity index (χ0v) is 23.1. The Kier molecular flexibility index (Phi) is 8.20. The van der Waals surface area contributed by atoms with Crippen molar-refractivity contribution in [2.45, 2.75) is 49.7 Å². The topological polar surface area (TPSA) is 112 Å². The molecule has 0 aliphatic carbocycles. The fraction of sp³-hybridized carbons (Fsp3) is 0.310. The summed E-state index contributed by atoms with van der Waals surface area (Å²) in [4.78, 5) is 35.5. The van der Waals surface area contributed by atoms with Crippen LogP contribution in [0.15, 0.2) is 66.0 Å². The predicted octanol–water partition coefficient (Wildman–Crippen LogP) is 5.88. The quantitative estimate of drug-likeness (QED) is 0.219. The van der Waals surface area contributed by atoms with Crippen LogP contribution in [0.5, 0.6) is 0 Å². The second kappa shape index (κ2) is 12.0. The van der Waals surface area contributed by atoms with Gasteiger partial charge in [0, 0.05) is 42.5 Å². The van der Waals surface area contributed by atoms with E-state index in [-0.39, 0.29) is 17.8 Å². The van der Waals surface area contributed by atoms with Crippen LogP contribution in [0.4, 0.5) is 20.6 Å². The molecular formula is C29H31FN6O3S. The minimum atomic E-state index is -0.910. The van der Waals surface area contributed by atoms with E-state index in [0.717, 1.165) is 23.2 Å². The monoisotopic (exact) mass is 562 g/mol. The molecule has 2 aromatic carbocycles. The molecule has 208 valence electrons. The van der Waals surface area contributed by atoms with Gasteiger partial charge in [-0.3, -0.25) is 4.79 Å².